The van der Waals surface area contributed by atoms with Gasteiger partial charge in [-0.05, 0) is 54.6 Å². The van der Waals surface area contributed by atoms with Crippen molar-refractivity contribution in [2.24, 2.45) is 0 Å². The number of thioether (sulfide) groups is 1. The fourth-order valence-corrected chi connectivity index (χ4v) is 3.39. The van der Waals surface area contributed by atoms with Gasteiger partial charge in [0, 0.05) is 11.3 Å². The van der Waals surface area contributed by atoms with Crippen molar-refractivity contribution in [1.82, 2.24) is 4.98 Å². The van der Waals surface area contributed by atoms with Crippen molar-refractivity contribution in [1.29, 1.82) is 5.26 Å². The third-order valence-corrected chi connectivity index (χ3v) is 4.99. The summed E-state index contributed by atoms with van der Waals surface area (Å²) in [4.78, 5) is 16.2. The molecule has 4 nitrogen and oxygen atoms in total. The molecule has 1 heterocycles. The van der Waals surface area contributed by atoms with Crippen molar-refractivity contribution >= 4 is 23.4 Å². The molecule has 0 aliphatic carbocycles. The maximum Gasteiger partial charge on any atom is 0.417 e. The van der Waals surface area contributed by atoms with Crippen LogP contribution in [0.4, 0.5) is 27.6 Å². The lowest BCUT2D eigenvalue weighted by Gasteiger charge is -2.14. The van der Waals surface area contributed by atoms with Crippen molar-refractivity contribution in [2.45, 2.75) is 11.2 Å². The number of carbonyl (C=O) groups is 1. The van der Waals surface area contributed by atoms with Crippen LogP contribution in [-0.4, -0.2) is 16.6 Å². The molecule has 0 unspecified atom stereocenters. The van der Waals surface area contributed by atoms with Crippen LogP contribution in [-0.2, 0) is 11.0 Å². The van der Waals surface area contributed by atoms with E-state index in [0.29, 0.717) is 23.5 Å². The quantitative estimate of drug-likeness (QED) is 0.404. The molecule has 1 aromatic heterocycles. The highest BCUT2D eigenvalue weighted by atomic mass is 32.2. The van der Waals surface area contributed by atoms with E-state index < -0.39 is 34.8 Å². The molecule has 0 aliphatic rings. The Balaban J connectivity index is 1.91. The number of halogens is 5. The van der Waals surface area contributed by atoms with E-state index in [1.807, 2.05) is 0 Å². The minimum absolute atomic E-state index is 0.118. The van der Waals surface area contributed by atoms with Crippen LogP contribution in [0.5, 0.6) is 0 Å². The molecule has 0 saturated carbocycles. The zero-order chi connectivity index (χ0) is 22.6. The summed E-state index contributed by atoms with van der Waals surface area (Å²) < 4.78 is 66.7. The van der Waals surface area contributed by atoms with Gasteiger partial charge in [-0.25, -0.2) is 13.8 Å². The molecule has 0 atom stereocenters. The number of pyridine rings is 1. The van der Waals surface area contributed by atoms with Gasteiger partial charge in [-0.1, -0.05) is 11.8 Å². The summed E-state index contributed by atoms with van der Waals surface area (Å²) in [6.07, 6.45) is -4.84. The van der Waals surface area contributed by atoms with Crippen LogP contribution in [0, 0.1) is 23.0 Å². The number of rotatable bonds is 5. The largest absolute Gasteiger partial charge is 0.417 e. The SMILES string of the molecule is N#Cc1c(C(F)(F)F)cc(-c2ccc(F)cc2)nc1SCC(=O)Nc1ccc(F)cc1. The average molecular weight is 449 g/mol. The predicted molar refractivity (Wildman–Crippen MR) is 105 cm³/mol. The van der Waals surface area contributed by atoms with Gasteiger partial charge in [0.05, 0.1) is 22.6 Å². The first-order chi connectivity index (χ1) is 14.7. The molecule has 3 aromatic rings. The van der Waals surface area contributed by atoms with Crippen LogP contribution in [0.2, 0.25) is 0 Å². The lowest BCUT2D eigenvalue weighted by molar-refractivity contribution is -0.138. The third-order valence-electron chi connectivity index (χ3n) is 4.01. The Kier molecular flexibility index (Phi) is 6.56. The van der Waals surface area contributed by atoms with Gasteiger partial charge in [-0.2, -0.15) is 18.4 Å². The normalized spacial score (nSPS) is 11.1. The number of benzene rings is 2. The molecule has 0 aliphatic heterocycles. The molecule has 0 bridgehead atoms. The van der Waals surface area contributed by atoms with Gasteiger partial charge >= 0.3 is 6.18 Å². The standard InChI is InChI=1S/C21H12F5N3OS/c22-13-3-1-12(2-4-13)18-9-17(21(24,25)26)16(10-27)20(29-18)31-11-19(30)28-15-7-5-14(23)6-8-15/h1-9H,11H2,(H,28,30). The minimum atomic E-state index is -4.84. The second kappa shape index (κ2) is 9.14. The first kappa shape index (κ1) is 22.2. The molecular weight excluding hydrogens is 437 g/mol. The highest BCUT2D eigenvalue weighted by Gasteiger charge is 2.36. The fraction of sp³-hybridized carbons (Fsp3) is 0.0952. The summed E-state index contributed by atoms with van der Waals surface area (Å²) in [7, 11) is 0. The Labute approximate surface area is 177 Å². The van der Waals surface area contributed by atoms with E-state index in [2.05, 4.69) is 10.3 Å². The molecule has 0 spiro atoms. The molecule has 0 saturated heterocycles. The maximum absolute atomic E-state index is 13.5. The summed E-state index contributed by atoms with van der Waals surface area (Å²) in [6, 6.07) is 11.8. The van der Waals surface area contributed by atoms with Crippen LogP contribution in [0.1, 0.15) is 11.1 Å². The van der Waals surface area contributed by atoms with Crippen molar-refractivity contribution in [3.63, 3.8) is 0 Å². The van der Waals surface area contributed by atoms with Gasteiger partial charge in [0.25, 0.3) is 0 Å². The minimum Gasteiger partial charge on any atom is -0.325 e. The Morgan fingerprint density at radius 3 is 2.16 bits per heavy atom. The third kappa shape index (κ3) is 5.58. The van der Waals surface area contributed by atoms with Gasteiger partial charge in [0.2, 0.25) is 5.91 Å². The highest BCUT2D eigenvalue weighted by molar-refractivity contribution is 8.00. The summed E-state index contributed by atoms with van der Waals surface area (Å²) >= 11 is 0.651. The van der Waals surface area contributed by atoms with Crippen LogP contribution >= 0.6 is 11.8 Å². The van der Waals surface area contributed by atoms with Crippen molar-refractivity contribution < 1.29 is 26.7 Å². The van der Waals surface area contributed by atoms with E-state index in [-0.39, 0.29) is 22.0 Å². The first-order valence-corrected chi connectivity index (χ1v) is 9.62. The number of hydrogen-bond donors (Lipinski definition) is 1. The highest BCUT2D eigenvalue weighted by Crippen LogP contribution is 2.38. The molecule has 1 N–H and O–H groups in total. The number of nitrogens with one attached hydrogen (secondary N) is 1. The Bertz CT molecular complexity index is 1140. The average Bonchev–Trinajstić information content (AvgIpc) is 2.73. The Hall–Kier alpha value is -3.45. The van der Waals surface area contributed by atoms with Crippen LogP contribution < -0.4 is 5.32 Å². The van der Waals surface area contributed by atoms with Gasteiger partial charge in [0.15, 0.2) is 0 Å². The molecule has 0 radical (unpaired) electrons. The number of aromatic nitrogens is 1. The number of carbonyl (C=O) groups excluding carboxylic acids is 1. The Morgan fingerprint density at radius 1 is 1.03 bits per heavy atom. The number of hydrogen-bond acceptors (Lipinski definition) is 4. The van der Waals surface area contributed by atoms with E-state index in [9.17, 15) is 32.0 Å². The number of amides is 1. The monoisotopic (exact) mass is 449 g/mol. The van der Waals surface area contributed by atoms with Gasteiger partial charge < -0.3 is 5.32 Å². The first-order valence-electron chi connectivity index (χ1n) is 8.64. The zero-order valence-electron chi connectivity index (χ0n) is 15.5. The van der Waals surface area contributed by atoms with Crippen LogP contribution in [0.3, 0.4) is 0 Å². The molecule has 2 aromatic carbocycles. The molecule has 1 amide bonds. The molecule has 3 rings (SSSR count). The van der Waals surface area contributed by atoms with E-state index in [4.69, 9.17) is 0 Å². The smallest absolute Gasteiger partial charge is 0.325 e. The number of anilines is 1. The molecule has 10 heteroatoms. The topological polar surface area (TPSA) is 65.8 Å². The van der Waals surface area contributed by atoms with E-state index in [1.54, 1.807) is 0 Å². The zero-order valence-corrected chi connectivity index (χ0v) is 16.3. The predicted octanol–water partition coefficient (Wildman–Crippen LogP) is 5.65. The Morgan fingerprint density at radius 2 is 1.61 bits per heavy atom. The van der Waals surface area contributed by atoms with E-state index in [0.717, 1.165) is 24.3 Å². The van der Waals surface area contributed by atoms with Gasteiger partial charge in [-0.3, -0.25) is 4.79 Å². The number of nitrogens with zero attached hydrogens (tertiary/aromatic N) is 2. The van der Waals surface area contributed by atoms with Crippen molar-refractivity contribution in [3.8, 4) is 17.3 Å². The number of nitriles is 1. The van der Waals surface area contributed by atoms with Crippen LogP contribution in [0.25, 0.3) is 11.3 Å². The number of alkyl halides is 3. The lowest BCUT2D eigenvalue weighted by Crippen LogP contribution is -2.15. The van der Waals surface area contributed by atoms with Crippen molar-refractivity contribution in [3.05, 3.63) is 77.4 Å². The molecule has 0 fully saturated rings. The lowest BCUT2D eigenvalue weighted by atomic mass is 10.1. The summed E-state index contributed by atoms with van der Waals surface area (Å²) in [5, 5.41) is 11.5. The maximum atomic E-state index is 13.5. The van der Waals surface area contributed by atoms with Gasteiger partial charge in [0.1, 0.15) is 22.7 Å². The summed E-state index contributed by atoms with van der Waals surface area (Å²) in [5.41, 5.74) is -1.51. The molecule has 31 heavy (non-hydrogen) atoms. The van der Waals surface area contributed by atoms with E-state index in [1.165, 1.54) is 30.3 Å². The molecule has 158 valence electrons. The van der Waals surface area contributed by atoms with Gasteiger partial charge in [-0.15, -0.1) is 0 Å². The molecular formula is C21H12F5N3OS. The van der Waals surface area contributed by atoms with Crippen molar-refractivity contribution in [2.75, 3.05) is 11.1 Å². The second-order valence-corrected chi connectivity index (χ2v) is 7.16. The van der Waals surface area contributed by atoms with Crippen LogP contribution in [0.15, 0.2) is 59.6 Å². The fourth-order valence-electron chi connectivity index (χ4n) is 2.59. The summed E-state index contributed by atoms with van der Waals surface area (Å²) in [5.74, 6) is -1.99. The second-order valence-electron chi connectivity index (χ2n) is 6.20. The summed E-state index contributed by atoms with van der Waals surface area (Å²) in [6.45, 7) is 0. The van der Waals surface area contributed by atoms with E-state index >= 15 is 0 Å².